The predicted octanol–water partition coefficient (Wildman–Crippen LogP) is 3.04. The Morgan fingerprint density at radius 3 is 2.68 bits per heavy atom. The fraction of sp³-hybridized carbons (Fsp3) is 0.556. The zero-order chi connectivity index (χ0) is 16.3. The summed E-state index contributed by atoms with van der Waals surface area (Å²) in [7, 11) is 0. The van der Waals surface area contributed by atoms with Crippen molar-refractivity contribution in [1.29, 1.82) is 0 Å². The van der Waals surface area contributed by atoms with Crippen LogP contribution in [0, 0.1) is 12.8 Å². The Hall–Kier alpha value is -1.84. The normalized spacial score (nSPS) is 21.5. The first-order valence-corrected chi connectivity index (χ1v) is 8.03. The van der Waals surface area contributed by atoms with Gasteiger partial charge in [0.25, 0.3) is 0 Å². The number of nitrogens with zero attached hydrogens (tertiary/aromatic N) is 1. The second-order valence-electron chi connectivity index (χ2n) is 6.73. The third-order valence-corrected chi connectivity index (χ3v) is 4.42. The van der Waals surface area contributed by atoms with Crippen molar-refractivity contribution in [1.82, 2.24) is 5.32 Å². The molecule has 1 aliphatic heterocycles. The van der Waals surface area contributed by atoms with Gasteiger partial charge in [0.2, 0.25) is 11.8 Å². The number of hydrogen-bond acceptors (Lipinski definition) is 2. The Labute approximate surface area is 132 Å². The number of para-hydroxylation sites is 1. The van der Waals surface area contributed by atoms with E-state index in [1.54, 1.807) is 4.90 Å². The highest BCUT2D eigenvalue weighted by Crippen LogP contribution is 2.36. The Bertz CT molecular complexity index is 568. The molecule has 0 aliphatic carbocycles. The second-order valence-corrected chi connectivity index (χ2v) is 6.73. The lowest BCUT2D eigenvalue weighted by atomic mass is 9.96. The molecule has 4 heteroatoms. The van der Waals surface area contributed by atoms with E-state index in [9.17, 15) is 9.59 Å². The van der Waals surface area contributed by atoms with Crippen molar-refractivity contribution in [3.8, 4) is 0 Å². The number of benzene rings is 1. The van der Waals surface area contributed by atoms with Gasteiger partial charge in [-0.15, -0.1) is 0 Å². The highest BCUT2D eigenvalue weighted by molar-refractivity contribution is 6.06. The summed E-state index contributed by atoms with van der Waals surface area (Å²) >= 11 is 0. The minimum Gasteiger partial charge on any atom is -0.354 e. The molecule has 1 atom stereocenters. The molecule has 0 bridgehead atoms. The van der Waals surface area contributed by atoms with E-state index in [2.05, 4.69) is 19.2 Å². The maximum Gasteiger partial charge on any atom is 0.246 e. The molecule has 0 saturated carbocycles. The zero-order valence-corrected chi connectivity index (χ0v) is 14.0. The minimum atomic E-state index is -0.791. The molecular formula is C18H26N2O2. The molecule has 0 radical (unpaired) electrons. The van der Waals surface area contributed by atoms with Gasteiger partial charge < -0.3 is 5.32 Å². The van der Waals surface area contributed by atoms with Gasteiger partial charge in [-0.2, -0.15) is 0 Å². The molecule has 1 fully saturated rings. The molecule has 120 valence electrons. The number of nitrogens with one attached hydrogen (secondary N) is 1. The van der Waals surface area contributed by atoms with E-state index in [-0.39, 0.29) is 11.8 Å². The van der Waals surface area contributed by atoms with Crippen LogP contribution in [0.1, 0.15) is 45.6 Å². The maximum atomic E-state index is 12.7. The van der Waals surface area contributed by atoms with Gasteiger partial charge in [-0.3, -0.25) is 14.5 Å². The van der Waals surface area contributed by atoms with Gasteiger partial charge in [0.05, 0.1) is 0 Å². The summed E-state index contributed by atoms with van der Waals surface area (Å²) in [6, 6.07) is 7.74. The van der Waals surface area contributed by atoms with Crippen LogP contribution in [-0.4, -0.2) is 23.9 Å². The molecule has 1 N–H and O–H groups in total. The third-order valence-electron chi connectivity index (χ3n) is 4.42. The van der Waals surface area contributed by atoms with E-state index in [1.807, 2.05) is 38.1 Å². The first-order valence-electron chi connectivity index (χ1n) is 8.03. The summed E-state index contributed by atoms with van der Waals surface area (Å²) in [5, 5.41) is 3.00. The van der Waals surface area contributed by atoms with E-state index < -0.39 is 5.54 Å². The number of carbonyl (C=O) groups excluding carboxylic acids is 2. The Morgan fingerprint density at radius 2 is 2.05 bits per heavy atom. The first kappa shape index (κ1) is 16.5. The lowest BCUT2D eigenvalue weighted by molar-refractivity contribution is -0.127. The van der Waals surface area contributed by atoms with Crippen LogP contribution >= 0.6 is 0 Å². The average molecular weight is 302 g/mol. The summed E-state index contributed by atoms with van der Waals surface area (Å²) in [5.74, 6) is 0.517. The number of amides is 2. The number of carbonyl (C=O) groups is 2. The SMILES string of the molecule is Cc1ccccc1N1C(=O)CCC1(C)C(=O)NCCC(C)C. The predicted molar refractivity (Wildman–Crippen MR) is 88.8 cm³/mol. The lowest BCUT2D eigenvalue weighted by Crippen LogP contribution is -2.55. The molecule has 4 nitrogen and oxygen atoms in total. The molecule has 1 unspecified atom stereocenters. The molecule has 22 heavy (non-hydrogen) atoms. The number of rotatable bonds is 5. The summed E-state index contributed by atoms with van der Waals surface area (Å²) in [6.07, 6.45) is 1.93. The van der Waals surface area contributed by atoms with Crippen molar-refractivity contribution in [2.75, 3.05) is 11.4 Å². The summed E-state index contributed by atoms with van der Waals surface area (Å²) in [4.78, 5) is 26.7. The summed E-state index contributed by atoms with van der Waals surface area (Å²) in [5.41, 5.74) is 1.06. The van der Waals surface area contributed by atoms with Gasteiger partial charge in [-0.25, -0.2) is 0 Å². The molecule has 1 heterocycles. The third kappa shape index (κ3) is 3.16. The highest BCUT2D eigenvalue weighted by Gasteiger charge is 2.48. The van der Waals surface area contributed by atoms with Crippen molar-refractivity contribution in [3.05, 3.63) is 29.8 Å². The van der Waals surface area contributed by atoms with Crippen LogP contribution in [0.15, 0.2) is 24.3 Å². The van der Waals surface area contributed by atoms with Crippen LogP contribution in [0.5, 0.6) is 0 Å². The van der Waals surface area contributed by atoms with Crippen molar-refractivity contribution < 1.29 is 9.59 Å². The number of aryl methyl sites for hydroxylation is 1. The summed E-state index contributed by atoms with van der Waals surface area (Å²) in [6.45, 7) is 8.76. The van der Waals surface area contributed by atoms with Gasteiger partial charge >= 0.3 is 0 Å². The molecule has 0 spiro atoms. The average Bonchev–Trinajstić information content (AvgIpc) is 2.76. The van der Waals surface area contributed by atoms with Crippen LogP contribution < -0.4 is 10.2 Å². The van der Waals surface area contributed by atoms with Crippen LogP contribution in [0.25, 0.3) is 0 Å². The molecule has 1 aromatic carbocycles. The fourth-order valence-corrected chi connectivity index (χ4v) is 2.94. The van der Waals surface area contributed by atoms with Crippen LogP contribution in [-0.2, 0) is 9.59 Å². The standard InChI is InChI=1S/C18H26N2O2/c1-13(2)10-12-19-17(22)18(4)11-9-16(21)20(18)15-8-6-5-7-14(15)3/h5-8,13H,9-12H2,1-4H3,(H,19,22). The first-order chi connectivity index (χ1) is 10.4. The lowest BCUT2D eigenvalue weighted by Gasteiger charge is -2.35. The van der Waals surface area contributed by atoms with Crippen molar-refractivity contribution in [2.45, 2.75) is 52.5 Å². The Balaban J connectivity index is 2.22. The highest BCUT2D eigenvalue weighted by atomic mass is 16.2. The van der Waals surface area contributed by atoms with Crippen molar-refractivity contribution >= 4 is 17.5 Å². The molecule has 0 aromatic heterocycles. The smallest absolute Gasteiger partial charge is 0.246 e. The molecule has 1 saturated heterocycles. The quantitative estimate of drug-likeness (QED) is 0.909. The molecule has 1 aromatic rings. The molecular weight excluding hydrogens is 276 g/mol. The van der Waals surface area contributed by atoms with Crippen molar-refractivity contribution in [2.24, 2.45) is 5.92 Å². The van der Waals surface area contributed by atoms with E-state index in [0.717, 1.165) is 17.7 Å². The maximum absolute atomic E-state index is 12.7. The van der Waals surface area contributed by atoms with Gasteiger partial charge in [0.1, 0.15) is 5.54 Å². The zero-order valence-electron chi connectivity index (χ0n) is 14.0. The van der Waals surface area contributed by atoms with Crippen LogP contribution in [0.2, 0.25) is 0 Å². The van der Waals surface area contributed by atoms with Crippen LogP contribution in [0.3, 0.4) is 0 Å². The fourth-order valence-electron chi connectivity index (χ4n) is 2.94. The topological polar surface area (TPSA) is 49.4 Å². The monoisotopic (exact) mass is 302 g/mol. The van der Waals surface area contributed by atoms with E-state index >= 15 is 0 Å². The molecule has 2 amide bonds. The van der Waals surface area contributed by atoms with Crippen molar-refractivity contribution in [3.63, 3.8) is 0 Å². The van der Waals surface area contributed by atoms with Crippen LogP contribution in [0.4, 0.5) is 5.69 Å². The summed E-state index contributed by atoms with van der Waals surface area (Å²) < 4.78 is 0. The molecule has 2 rings (SSSR count). The Morgan fingerprint density at radius 1 is 1.36 bits per heavy atom. The van der Waals surface area contributed by atoms with Gasteiger partial charge in [0.15, 0.2) is 0 Å². The number of hydrogen-bond donors (Lipinski definition) is 1. The Kier molecular flexibility index (Phi) is 4.89. The van der Waals surface area contributed by atoms with Gasteiger partial charge in [-0.1, -0.05) is 32.0 Å². The van der Waals surface area contributed by atoms with E-state index in [1.165, 1.54) is 0 Å². The van der Waals surface area contributed by atoms with Gasteiger partial charge in [-0.05, 0) is 44.2 Å². The molecule has 1 aliphatic rings. The van der Waals surface area contributed by atoms with E-state index in [0.29, 0.717) is 25.3 Å². The number of anilines is 1. The largest absolute Gasteiger partial charge is 0.354 e. The minimum absolute atomic E-state index is 0.0239. The van der Waals surface area contributed by atoms with Gasteiger partial charge in [0, 0.05) is 18.7 Å². The van der Waals surface area contributed by atoms with E-state index in [4.69, 9.17) is 0 Å². The second kappa shape index (κ2) is 6.51.